The highest BCUT2D eigenvalue weighted by molar-refractivity contribution is 6.74. The van der Waals surface area contributed by atoms with Crippen molar-refractivity contribution in [2.24, 2.45) is 0 Å². The molecular weight excluding hydrogens is 366 g/mol. The van der Waals surface area contributed by atoms with E-state index in [2.05, 4.69) is 33.9 Å². The van der Waals surface area contributed by atoms with Gasteiger partial charge in [-0.3, -0.25) is 4.84 Å². The summed E-state index contributed by atoms with van der Waals surface area (Å²) in [6, 6.07) is 0. The molecule has 0 spiro atoms. The van der Waals surface area contributed by atoms with Gasteiger partial charge in [-0.2, -0.15) is 5.06 Å². The first kappa shape index (κ1) is 20.2. The molecule has 4 rings (SSSR count). The van der Waals surface area contributed by atoms with Gasteiger partial charge in [0.2, 0.25) is 0 Å². The van der Waals surface area contributed by atoms with Gasteiger partial charge < -0.3 is 23.4 Å². The summed E-state index contributed by atoms with van der Waals surface area (Å²) >= 11 is 0. The Hall–Kier alpha value is -0.0631. The molecule has 6 atom stereocenters. The molecule has 4 aliphatic rings. The fourth-order valence-corrected chi connectivity index (χ4v) is 5.38. The van der Waals surface area contributed by atoms with Crippen LogP contribution in [0.15, 0.2) is 0 Å². The molecule has 4 aliphatic heterocycles. The summed E-state index contributed by atoms with van der Waals surface area (Å²) in [6.07, 6.45) is -0.196. The lowest BCUT2D eigenvalue weighted by atomic mass is 9.85. The first-order valence-electron chi connectivity index (χ1n) is 10.0. The van der Waals surface area contributed by atoms with Gasteiger partial charge in [0.1, 0.15) is 24.4 Å². The summed E-state index contributed by atoms with van der Waals surface area (Å²) in [5.74, 6) is -0.651. The number of ether oxygens (including phenoxy) is 4. The predicted octanol–water partition coefficient (Wildman–Crippen LogP) is 2.66. The Kier molecular flexibility index (Phi) is 4.66. The molecule has 0 saturated carbocycles. The Morgan fingerprint density at radius 3 is 2.52 bits per heavy atom. The van der Waals surface area contributed by atoms with Gasteiger partial charge in [-0.25, -0.2) is 0 Å². The van der Waals surface area contributed by atoms with Crippen molar-refractivity contribution >= 4 is 8.32 Å². The van der Waals surface area contributed by atoms with Gasteiger partial charge in [0, 0.05) is 13.5 Å². The minimum atomic E-state index is -1.92. The number of hydrogen-bond donors (Lipinski definition) is 0. The van der Waals surface area contributed by atoms with Gasteiger partial charge in [0.25, 0.3) is 0 Å². The predicted molar refractivity (Wildman–Crippen MR) is 102 cm³/mol. The van der Waals surface area contributed by atoms with Crippen molar-refractivity contribution in [2.75, 3.05) is 20.3 Å². The molecule has 7 nitrogen and oxygen atoms in total. The number of rotatable bonds is 3. The van der Waals surface area contributed by atoms with Crippen molar-refractivity contribution in [1.82, 2.24) is 5.06 Å². The molecule has 0 amide bonds. The zero-order chi connectivity index (χ0) is 19.8. The van der Waals surface area contributed by atoms with E-state index < -0.39 is 25.9 Å². The van der Waals surface area contributed by atoms with Crippen LogP contribution in [-0.2, 0) is 28.2 Å². The van der Waals surface area contributed by atoms with Crippen molar-refractivity contribution in [3.8, 4) is 0 Å². The van der Waals surface area contributed by atoms with Crippen molar-refractivity contribution in [2.45, 2.75) is 101 Å². The highest BCUT2D eigenvalue weighted by Gasteiger charge is 2.66. The van der Waals surface area contributed by atoms with Crippen LogP contribution in [0, 0.1) is 0 Å². The van der Waals surface area contributed by atoms with Gasteiger partial charge in [-0.05, 0) is 32.0 Å². The van der Waals surface area contributed by atoms with Crippen LogP contribution in [0.4, 0.5) is 0 Å². The summed E-state index contributed by atoms with van der Waals surface area (Å²) in [4.78, 5) is 6.07. The van der Waals surface area contributed by atoms with Crippen LogP contribution in [0.5, 0.6) is 0 Å². The molecule has 0 aromatic heterocycles. The quantitative estimate of drug-likeness (QED) is 0.674. The average Bonchev–Trinajstić information content (AvgIpc) is 3.06. The molecule has 8 heteroatoms. The molecule has 4 heterocycles. The van der Waals surface area contributed by atoms with Crippen LogP contribution >= 0.6 is 0 Å². The molecule has 2 bridgehead atoms. The minimum Gasteiger partial charge on any atom is -0.415 e. The third-order valence-corrected chi connectivity index (χ3v) is 11.5. The van der Waals surface area contributed by atoms with Crippen LogP contribution in [0.25, 0.3) is 0 Å². The largest absolute Gasteiger partial charge is 0.415 e. The van der Waals surface area contributed by atoms with Crippen LogP contribution in [0.1, 0.15) is 41.0 Å². The molecule has 0 radical (unpaired) electrons. The zero-order valence-corrected chi connectivity index (χ0v) is 18.9. The fourth-order valence-electron chi connectivity index (χ4n) is 4.34. The lowest BCUT2D eigenvalue weighted by Gasteiger charge is -2.44. The lowest BCUT2D eigenvalue weighted by Crippen LogP contribution is -2.61. The first-order chi connectivity index (χ1) is 12.3. The van der Waals surface area contributed by atoms with Crippen molar-refractivity contribution in [3.63, 3.8) is 0 Å². The van der Waals surface area contributed by atoms with Crippen LogP contribution in [-0.4, -0.2) is 75.7 Å². The zero-order valence-electron chi connectivity index (χ0n) is 17.9. The monoisotopic (exact) mass is 401 g/mol. The molecule has 0 aromatic carbocycles. The maximum absolute atomic E-state index is 6.65. The lowest BCUT2D eigenvalue weighted by molar-refractivity contribution is -0.272. The second kappa shape index (κ2) is 6.22. The van der Waals surface area contributed by atoms with Gasteiger partial charge in [0.05, 0.1) is 18.8 Å². The van der Waals surface area contributed by atoms with Crippen LogP contribution in [0.2, 0.25) is 18.1 Å². The van der Waals surface area contributed by atoms with E-state index in [4.69, 9.17) is 28.2 Å². The molecule has 156 valence electrons. The summed E-state index contributed by atoms with van der Waals surface area (Å²) < 4.78 is 31.4. The average molecular weight is 402 g/mol. The fraction of sp³-hybridized carbons (Fsp3) is 1.00. The summed E-state index contributed by atoms with van der Waals surface area (Å²) in [5.41, 5.74) is -0.400. The molecule has 4 fully saturated rings. The SMILES string of the molecule is CN1O[C@H]2CO[C@@H]3[C@H]4OC(C)(C)O[C@H]4O[C@@H]3[C@]1(CO[Si](C)(C)C(C)(C)C)C2. The topological polar surface area (TPSA) is 58.6 Å². The Morgan fingerprint density at radius 1 is 1.15 bits per heavy atom. The highest BCUT2D eigenvalue weighted by Crippen LogP contribution is 2.49. The standard InChI is InChI=1S/C19H35NO6Si/c1-17(2,3)27(7,8)22-11-19-9-12(26-20(19)6)10-21-13-14-16(23-15(13)19)25-18(4,5)24-14/h12-16H,9-11H2,1-8H3/t12-,13-,14-,15+,16-,19-/m1/s1. The number of nitrogens with zero attached hydrogens (tertiary/aromatic N) is 1. The van der Waals surface area contributed by atoms with Gasteiger partial charge in [-0.15, -0.1) is 0 Å². The van der Waals surface area contributed by atoms with E-state index in [1.165, 1.54) is 0 Å². The maximum Gasteiger partial charge on any atom is 0.192 e. The number of fused-ring (bicyclic) bond motifs is 6. The number of likely N-dealkylation sites (N-methyl/N-ethyl adjacent to an activating group) is 1. The first-order valence-corrected chi connectivity index (χ1v) is 12.9. The molecular formula is C19H35NO6Si. The Bertz CT molecular complexity index is 593. The van der Waals surface area contributed by atoms with Gasteiger partial charge >= 0.3 is 0 Å². The van der Waals surface area contributed by atoms with E-state index in [9.17, 15) is 0 Å². The molecule has 0 N–H and O–H groups in total. The number of hydrogen-bond acceptors (Lipinski definition) is 7. The van der Waals surface area contributed by atoms with E-state index >= 15 is 0 Å². The smallest absolute Gasteiger partial charge is 0.192 e. The van der Waals surface area contributed by atoms with Crippen molar-refractivity contribution < 1.29 is 28.2 Å². The van der Waals surface area contributed by atoms with Crippen molar-refractivity contribution in [3.05, 3.63) is 0 Å². The number of hydroxylamine groups is 2. The third-order valence-electron chi connectivity index (χ3n) is 7.00. The molecule has 27 heavy (non-hydrogen) atoms. The Balaban J connectivity index is 1.60. The molecule has 0 unspecified atom stereocenters. The maximum atomic E-state index is 6.65. The second-order valence-corrected chi connectivity index (χ2v) is 15.2. The molecule has 0 aromatic rings. The molecule has 4 saturated heterocycles. The van der Waals surface area contributed by atoms with E-state index in [0.29, 0.717) is 13.2 Å². The van der Waals surface area contributed by atoms with Crippen molar-refractivity contribution in [1.29, 1.82) is 0 Å². The second-order valence-electron chi connectivity index (χ2n) is 10.4. The Morgan fingerprint density at radius 2 is 1.85 bits per heavy atom. The highest BCUT2D eigenvalue weighted by atomic mass is 28.4. The summed E-state index contributed by atoms with van der Waals surface area (Å²) in [5, 5.41) is 2.10. The summed E-state index contributed by atoms with van der Waals surface area (Å²) in [7, 11) is 0.0705. The molecule has 0 aliphatic carbocycles. The van der Waals surface area contributed by atoms with E-state index in [-0.39, 0.29) is 29.5 Å². The minimum absolute atomic E-state index is 0.0148. The van der Waals surface area contributed by atoms with E-state index in [1.54, 1.807) is 0 Å². The van der Waals surface area contributed by atoms with Gasteiger partial charge in [0.15, 0.2) is 20.4 Å². The van der Waals surface area contributed by atoms with Crippen LogP contribution < -0.4 is 0 Å². The van der Waals surface area contributed by atoms with Crippen LogP contribution in [0.3, 0.4) is 0 Å². The van der Waals surface area contributed by atoms with E-state index in [0.717, 1.165) is 6.42 Å². The Labute approximate surface area is 163 Å². The van der Waals surface area contributed by atoms with E-state index in [1.807, 2.05) is 26.0 Å². The third kappa shape index (κ3) is 3.22. The normalized spacial score (nSPS) is 44.2. The summed E-state index contributed by atoms with van der Waals surface area (Å²) in [6.45, 7) is 16.3. The van der Waals surface area contributed by atoms with Gasteiger partial charge in [-0.1, -0.05) is 20.8 Å².